The molecule has 0 bridgehead atoms. The third-order valence-corrected chi connectivity index (χ3v) is 14.0. The molecule has 0 aliphatic heterocycles. The van der Waals surface area contributed by atoms with Crippen LogP contribution >= 0.6 is 0 Å². The summed E-state index contributed by atoms with van der Waals surface area (Å²) in [6.45, 7) is 11.4. The molecular formula is C61H118O6. The molecule has 67 heavy (non-hydrogen) atoms. The Kier molecular flexibility index (Phi) is 52.5. The Labute approximate surface area is 418 Å². The van der Waals surface area contributed by atoms with Gasteiger partial charge in [-0.05, 0) is 31.1 Å². The molecule has 0 fully saturated rings. The molecule has 0 aliphatic carbocycles. The highest BCUT2D eigenvalue weighted by Gasteiger charge is 2.19. The minimum Gasteiger partial charge on any atom is -0.462 e. The predicted molar refractivity (Wildman–Crippen MR) is 289 cm³/mol. The van der Waals surface area contributed by atoms with Gasteiger partial charge in [0.15, 0.2) is 6.10 Å². The van der Waals surface area contributed by atoms with Gasteiger partial charge in [-0.3, -0.25) is 14.4 Å². The van der Waals surface area contributed by atoms with Crippen LogP contribution in [0.1, 0.15) is 343 Å². The van der Waals surface area contributed by atoms with Gasteiger partial charge in [-0.1, -0.05) is 304 Å². The van der Waals surface area contributed by atoms with Crippen molar-refractivity contribution in [2.75, 3.05) is 13.2 Å². The molecule has 0 N–H and O–H groups in total. The minimum absolute atomic E-state index is 0.0622. The number of esters is 3. The molecule has 0 saturated heterocycles. The van der Waals surface area contributed by atoms with E-state index in [1.807, 2.05) is 0 Å². The SMILES string of the molecule is CCCCCCCCCCCCCCC(=O)OC[C@H](COC(=O)CCCCCCCCCCCCCCCCCCCCC(C)C)OC(=O)CCCCCCCCCCCCCCCC(C)C. The Bertz CT molecular complexity index is 1020. The standard InChI is InChI=1S/C61H118O6/c1-6-7-8-9-10-11-12-26-31-36-41-46-51-59(62)65-54-58(67-61(64)53-48-43-38-33-28-23-19-21-25-30-35-40-45-50-57(4)5)55-66-60(63)52-47-42-37-32-27-22-18-16-14-13-15-17-20-24-29-34-39-44-49-56(2)3/h56-58H,6-55H2,1-5H3/t58-/m1/s1. The van der Waals surface area contributed by atoms with E-state index < -0.39 is 6.10 Å². The zero-order valence-electron chi connectivity index (χ0n) is 46.0. The summed E-state index contributed by atoms with van der Waals surface area (Å²) >= 11 is 0. The lowest BCUT2D eigenvalue weighted by molar-refractivity contribution is -0.167. The van der Waals surface area contributed by atoms with Gasteiger partial charge in [-0.15, -0.1) is 0 Å². The zero-order valence-corrected chi connectivity index (χ0v) is 46.0. The van der Waals surface area contributed by atoms with Gasteiger partial charge < -0.3 is 14.2 Å². The van der Waals surface area contributed by atoms with Crippen LogP contribution in [0.15, 0.2) is 0 Å². The van der Waals surface area contributed by atoms with Crippen molar-refractivity contribution in [3.8, 4) is 0 Å². The quantitative estimate of drug-likeness (QED) is 0.0343. The van der Waals surface area contributed by atoms with Crippen LogP contribution in [0.5, 0.6) is 0 Å². The molecule has 0 spiro atoms. The normalized spacial score (nSPS) is 12.0. The van der Waals surface area contributed by atoms with Gasteiger partial charge >= 0.3 is 17.9 Å². The lowest BCUT2D eigenvalue weighted by Gasteiger charge is -2.18. The summed E-state index contributed by atoms with van der Waals surface area (Å²) in [4.78, 5) is 38.2. The van der Waals surface area contributed by atoms with Crippen LogP contribution in [0, 0.1) is 11.8 Å². The number of carbonyl (C=O) groups excluding carboxylic acids is 3. The number of hydrogen-bond donors (Lipinski definition) is 0. The Morgan fingerprint density at radius 3 is 0.731 bits per heavy atom. The first-order valence-electron chi connectivity index (χ1n) is 30.2. The molecule has 0 aliphatic rings. The molecule has 0 unspecified atom stereocenters. The Morgan fingerprint density at radius 1 is 0.284 bits per heavy atom. The van der Waals surface area contributed by atoms with E-state index in [4.69, 9.17) is 14.2 Å². The average molecular weight is 948 g/mol. The number of hydrogen-bond acceptors (Lipinski definition) is 6. The summed E-state index contributed by atoms with van der Waals surface area (Å²) in [5.74, 6) is 0.861. The number of unbranched alkanes of at least 4 members (excludes halogenated alkanes) is 40. The summed E-state index contributed by atoms with van der Waals surface area (Å²) < 4.78 is 16.9. The van der Waals surface area contributed by atoms with E-state index in [0.717, 1.165) is 69.6 Å². The highest BCUT2D eigenvalue weighted by Crippen LogP contribution is 2.19. The molecule has 0 aromatic rings. The summed E-state index contributed by atoms with van der Waals surface area (Å²) in [6.07, 6.45) is 58.1. The van der Waals surface area contributed by atoms with Crippen molar-refractivity contribution >= 4 is 17.9 Å². The van der Waals surface area contributed by atoms with E-state index >= 15 is 0 Å². The van der Waals surface area contributed by atoms with Gasteiger partial charge in [0.05, 0.1) is 0 Å². The lowest BCUT2D eigenvalue weighted by atomic mass is 10.0. The topological polar surface area (TPSA) is 78.9 Å². The Hall–Kier alpha value is -1.59. The molecule has 1 atom stereocenters. The molecule has 0 aromatic carbocycles. The van der Waals surface area contributed by atoms with E-state index in [-0.39, 0.29) is 31.1 Å². The highest BCUT2D eigenvalue weighted by atomic mass is 16.6. The maximum absolute atomic E-state index is 12.9. The van der Waals surface area contributed by atoms with Crippen LogP contribution in [0.2, 0.25) is 0 Å². The first-order valence-corrected chi connectivity index (χ1v) is 30.2. The fourth-order valence-corrected chi connectivity index (χ4v) is 9.40. The third kappa shape index (κ3) is 55.2. The van der Waals surface area contributed by atoms with Gasteiger partial charge in [0.1, 0.15) is 13.2 Å². The highest BCUT2D eigenvalue weighted by molar-refractivity contribution is 5.71. The van der Waals surface area contributed by atoms with E-state index in [2.05, 4.69) is 34.6 Å². The van der Waals surface area contributed by atoms with Crippen LogP contribution < -0.4 is 0 Å². The molecule has 0 amide bonds. The van der Waals surface area contributed by atoms with Crippen molar-refractivity contribution in [1.29, 1.82) is 0 Å². The fraction of sp³-hybridized carbons (Fsp3) is 0.951. The Balaban J connectivity index is 4.24. The maximum atomic E-state index is 12.9. The first kappa shape index (κ1) is 65.4. The minimum atomic E-state index is -0.762. The average Bonchev–Trinajstić information content (AvgIpc) is 3.30. The second-order valence-electron chi connectivity index (χ2n) is 21.9. The van der Waals surface area contributed by atoms with Gasteiger partial charge in [0.25, 0.3) is 0 Å². The largest absolute Gasteiger partial charge is 0.462 e. The van der Waals surface area contributed by atoms with Crippen molar-refractivity contribution < 1.29 is 28.6 Å². The van der Waals surface area contributed by atoms with Crippen molar-refractivity contribution in [2.45, 2.75) is 349 Å². The van der Waals surface area contributed by atoms with E-state index in [1.54, 1.807) is 0 Å². The van der Waals surface area contributed by atoms with Crippen LogP contribution in [0.3, 0.4) is 0 Å². The molecular weight excluding hydrogens is 829 g/mol. The number of ether oxygens (including phenoxy) is 3. The van der Waals surface area contributed by atoms with E-state index in [1.165, 1.54) is 231 Å². The summed E-state index contributed by atoms with van der Waals surface area (Å²) in [5.41, 5.74) is 0. The predicted octanol–water partition coefficient (Wildman–Crippen LogP) is 20.0. The van der Waals surface area contributed by atoms with Crippen LogP contribution in [-0.4, -0.2) is 37.2 Å². The summed E-state index contributed by atoms with van der Waals surface area (Å²) in [5, 5.41) is 0. The molecule has 6 heteroatoms. The van der Waals surface area contributed by atoms with Crippen LogP contribution in [0.25, 0.3) is 0 Å². The monoisotopic (exact) mass is 947 g/mol. The van der Waals surface area contributed by atoms with Crippen molar-refractivity contribution in [3.05, 3.63) is 0 Å². The second kappa shape index (κ2) is 53.8. The molecule has 0 aromatic heterocycles. The van der Waals surface area contributed by atoms with Gasteiger partial charge in [0.2, 0.25) is 0 Å². The summed E-state index contributed by atoms with van der Waals surface area (Å²) in [6, 6.07) is 0. The molecule has 6 nitrogen and oxygen atoms in total. The van der Waals surface area contributed by atoms with Crippen molar-refractivity contribution in [3.63, 3.8) is 0 Å². The smallest absolute Gasteiger partial charge is 0.306 e. The van der Waals surface area contributed by atoms with E-state index in [0.29, 0.717) is 19.3 Å². The zero-order chi connectivity index (χ0) is 48.9. The van der Waals surface area contributed by atoms with Crippen LogP contribution in [0.4, 0.5) is 0 Å². The molecule has 0 rings (SSSR count). The number of rotatable bonds is 55. The second-order valence-corrected chi connectivity index (χ2v) is 21.9. The molecule has 0 heterocycles. The maximum Gasteiger partial charge on any atom is 0.306 e. The molecule has 0 saturated carbocycles. The Morgan fingerprint density at radius 2 is 0.493 bits per heavy atom. The lowest BCUT2D eigenvalue weighted by Crippen LogP contribution is -2.30. The summed E-state index contributed by atoms with van der Waals surface area (Å²) in [7, 11) is 0. The molecule has 0 radical (unpaired) electrons. The van der Waals surface area contributed by atoms with E-state index in [9.17, 15) is 14.4 Å². The first-order chi connectivity index (χ1) is 32.7. The number of carbonyl (C=O) groups is 3. The third-order valence-electron chi connectivity index (χ3n) is 14.0. The van der Waals surface area contributed by atoms with Gasteiger partial charge in [-0.2, -0.15) is 0 Å². The van der Waals surface area contributed by atoms with Gasteiger partial charge in [0, 0.05) is 19.3 Å². The van der Waals surface area contributed by atoms with Crippen molar-refractivity contribution in [2.24, 2.45) is 11.8 Å². The fourth-order valence-electron chi connectivity index (χ4n) is 9.40. The van der Waals surface area contributed by atoms with Gasteiger partial charge in [-0.25, -0.2) is 0 Å². The van der Waals surface area contributed by atoms with Crippen LogP contribution in [-0.2, 0) is 28.6 Å². The molecule has 398 valence electrons. The van der Waals surface area contributed by atoms with Crippen molar-refractivity contribution in [1.82, 2.24) is 0 Å².